The number of rotatable bonds is 7. The van der Waals surface area contributed by atoms with Gasteiger partial charge in [0.15, 0.2) is 17.6 Å². The Morgan fingerprint density at radius 3 is 3.00 bits per heavy atom. The van der Waals surface area contributed by atoms with E-state index in [-0.39, 0.29) is 12.4 Å². The van der Waals surface area contributed by atoms with Gasteiger partial charge in [-0.2, -0.15) is 0 Å². The molecule has 5 nitrogen and oxygen atoms in total. The maximum atomic E-state index is 13.0. The molecule has 1 aliphatic heterocycles. The molecule has 2 rings (SSSR count). The minimum atomic E-state index is -0.923. The van der Waals surface area contributed by atoms with Gasteiger partial charge in [0.1, 0.15) is 12.4 Å². The number of hydrogen-bond acceptors (Lipinski definition) is 3. The van der Waals surface area contributed by atoms with Crippen LogP contribution in [0.2, 0.25) is 0 Å². The summed E-state index contributed by atoms with van der Waals surface area (Å²) in [6.07, 6.45) is 2.37. The number of nitrogens with two attached hydrogens (primary N) is 1. The molecule has 7 heteroatoms. The van der Waals surface area contributed by atoms with Gasteiger partial charge in [-0.1, -0.05) is 6.92 Å². The maximum Gasteiger partial charge on any atom is 0.188 e. The van der Waals surface area contributed by atoms with E-state index in [0.29, 0.717) is 25.1 Å². The first kappa shape index (κ1) is 17.5. The molecule has 0 saturated carbocycles. The van der Waals surface area contributed by atoms with Crippen molar-refractivity contribution in [1.82, 2.24) is 10.2 Å². The first-order valence-corrected chi connectivity index (χ1v) is 7.96. The molecule has 0 bridgehead atoms. The lowest BCUT2D eigenvalue weighted by molar-refractivity contribution is 0.273. The molecule has 0 amide bonds. The van der Waals surface area contributed by atoms with Crippen LogP contribution in [0.4, 0.5) is 8.78 Å². The van der Waals surface area contributed by atoms with Gasteiger partial charge in [0.25, 0.3) is 0 Å². The van der Waals surface area contributed by atoms with E-state index < -0.39 is 11.6 Å². The number of nitrogens with zero attached hydrogens (tertiary/aromatic N) is 2. The van der Waals surface area contributed by atoms with Crippen LogP contribution in [0.15, 0.2) is 23.2 Å². The second kappa shape index (κ2) is 8.67. The fraction of sp³-hybridized carbons (Fsp3) is 0.562. The Balaban J connectivity index is 1.67. The van der Waals surface area contributed by atoms with Gasteiger partial charge in [0.05, 0.1) is 13.1 Å². The average Bonchev–Trinajstić information content (AvgIpc) is 3.00. The molecule has 1 heterocycles. The van der Waals surface area contributed by atoms with Crippen molar-refractivity contribution in [1.29, 1.82) is 0 Å². The number of halogens is 2. The predicted molar refractivity (Wildman–Crippen MR) is 86.6 cm³/mol. The van der Waals surface area contributed by atoms with Crippen molar-refractivity contribution in [3.05, 3.63) is 29.8 Å². The Morgan fingerprint density at radius 1 is 1.43 bits per heavy atom. The van der Waals surface area contributed by atoms with Gasteiger partial charge in [0, 0.05) is 12.1 Å². The molecule has 1 aromatic carbocycles. The summed E-state index contributed by atoms with van der Waals surface area (Å²) in [5, 5.41) is 2.95. The standard InChI is InChI=1S/C16H24F2N4O/c1-2-22-8-3-4-12(22)11-21-16(19)20-7-9-23-13-5-6-14(17)15(18)10-13/h5-6,10,12H,2-4,7-9,11H2,1H3,(H3,19,20,21). The van der Waals surface area contributed by atoms with Crippen molar-refractivity contribution in [3.8, 4) is 5.75 Å². The Labute approximate surface area is 135 Å². The fourth-order valence-corrected chi connectivity index (χ4v) is 2.69. The van der Waals surface area contributed by atoms with Gasteiger partial charge in [-0.25, -0.2) is 8.78 Å². The zero-order valence-electron chi connectivity index (χ0n) is 13.4. The average molecular weight is 326 g/mol. The van der Waals surface area contributed by atoms with Crippen LogP contribution in [0, 0.1) is 11.6 Å². The van der Waals surface area contributed by atoms with Crippen LogP contribution in [0.1, 0.15) is 19.8 Å². The summed E-state index contributed by atoms with van der Waals surface area (Å²) in [6.45, 7) is 5.74. The molecular weight excluding hydrogens is 302 g/mol. The molecule has 1 aliphatic rings. The molecule has 23 heavy (non-hydrogen) atoms. The third-order valence-electron chi connectivity index (χ3n) is 3.95. The third-order valence-corrected chi connectivity index (χ3v) is 3.95. The van der Waals surface area contributed by atoms with Gasteiger partial charge in [0.2, 0.25) is 0 Å². The number of ether oxygens (including phenoxy) is 1. The molecule has 0 aliphatic carbocycles. The molecule has 1 fully saturated rings. The largest absolute Gasteiger partial charge is 0.492 e. The summed E-state index contributed by atoms with van der Waals surface area (Å²) in [5.41, 5.74) is 5.82. The monoisotopic (exact) mass is 326 g/mol. The second-order valence-corrected chi connectivity index (χ2v) is 5.50. The van der Waals surface area contributed by atoms with E-state index in [1.165, 1.54) is 12.5 Å². The Kier molecular flexibility index (Phi) is 6.58. The van der Waals surface area contributed by atoms with E-state index in [4.69, 9.17) is 10.5 Å². The van der Waals surface area contributed by atoms with E-state index in [9.17, 15) is 8.78 Å². The lowest BCUT2D eigenvalue weighted by Gasteiger charge is -2.20. The highest BCUT2D eigenvalue weighted by atomic mass is 19.2. The molecule has 1 aromatic rings. The number of guanidine groups is 1. The second-order valence-electron chi connectivity index (χ2n) is 5.50. The number of hydrogen-bond donors (Lipinski definition) is 2. The van der Waals surface area contributed by atoms with Gasteiger partial charge >= 0.3 is 0 Å². The smallest absolute Gasteiger partial charge is 0.188 e. The maximum absolute atomic E-state index is 13.0. The lowest BCUT2D eigenvalue weighted by atomic mass is 10.2. The third kappa shape index (κ3) is 5.35. The van der Waals surface area contributed by atoms with Gasteiger partial charge in [-0.15, -0.1) is 0 Å². The number of likely N-dealkylation sites (tertiary alicyclic amines) is 1. The summed E-state index contributed by atoms with van der Waals surface area (Å²) < 4.78 is 31.1. The number of benzene rings is 1. The molecule has 0 aromatic heterocycles. The van der Waals surface area contributed by atoms with Crippen LogP contribution in [0.25, 0.3) is 0 Å². The van der Waals surface area contributed by atoms with Crippen molar-refractivity contribution in [2.24, 2.45) is 10.7 Å². The SMILES string of the molecule is CCN1CCCC1CN=C(N)NCCOc1ccc(F)c(F)c1. The van der Waals surface area contributed by atoms with E-state index in [1.54, 1.807) is 0 Å². The zero-order valence-corrected chi connectivity index (χ0v) is 13.4. The van der Waals surface area contributed by atoms with Crippen LogP contribution < -0.4 is 15.8 Å². The van der Waals surface area contributed by atoms with E-state index in [2.05, 4.69) is 22.1 Å². The predicted octanol–water partition coefficient (Wildman–Crippen LogP) is 1.73. The van der Waals surface area contributed by atoms with E-state index in [1.807, 2.05) is 0 Å². The van der Waals surface area contributed by atoms with Crippen LogP contribution in [-0.4, -0.2) is 49.7 Å². The highest BCUT2D eigenvalue weighted by Crippen LogP contribution is 2.16. The summed E-state index contributed by atoms with van der Waals surface area (Å²) in [6, 6.07) is 3.91. The number of likely N-dealkylation sites (N-methyl/N-ethyl adjacent to an activating group) is 1. The van der Waals surface area contributed by atoms with Crippen molar-refractivity contribution in [2.45, 2.75) is 25.8 Å². The van der Waals surface area contributed by atoms with Crippen molar-refractivity contribution in [3.63, 3.8) is 0 Å². The zero-order chi connectivity index (χ0) is 16.7. The highest BCUT2D eigenvalue weighted by Gasteiger charge is 2.22. The Morgan fingerprint density at radius 2 is 2.26 bits per heavy atom. The lowest BCUT2D eigenvalue weighted by Crippen LogP contribution is -2.37. The molecule has 1 unspecified atom stereocenters. The minimum Gasteiger partial charge on any atom is -0.492 e. The minimum absolute atomic E-state index is 0.283. The molecule has 1 saturated heterocycles. The van der Waals surface area contributed by atoms with Crippen molar-refractivity contribution in [2.75, 3.05) is 32.8 Å². The summed E-state index contributed by atoms with van der Waals surface area (Å²) in [7, 11) is 0. The van der Waals surface area contributed by atoms with Gasteiger partial charge in [-0.05, 0) is 38.1 Å². The van der Waals surface area contributed by atoms with Gasteiger partial charge < -0.3 is 15.8 Å². The summed E-state index contributed by atoms with van der Waals surface area (Å²) >= 11 is 0. The van der Waals surface area contributed by atoms with Gasteiger partial charge in [-0.3, -0.25) is 9.89 Å². The van der Waals surface area contributed by atoms with Crippen molar-refractivity contribution < 1.29 is 13.5 Å². The van der Waals surface area contributed by atoms with Crippen LogP contribution in [0.3, 0.4) is 0 Å². The number of aliphatic imine (C=N–C) groups is 1. The Hall–Kier alpha value is -1.89. The molecular formula is C16H24F2N4O. The summed E-state index contributed by atoms with van der Waals surface area (Å²) in [4.78, 5) is 6.76. The summed E-state index contributed by atoms with van der Waals surface area (Å²) in [5.74, 6) is -1.15. The quantitative estimate of drug-likeness (QED) is 0.455. The van der Waals surface area contributed by atoms with E-state index >= 15 is 0 Å². The van der Waals surface area contributed by atoms with Crippen LogP contribution in [0.5, 0.6) is 5.75 Å². The number of nitrogens with one attached hydrogen (secondary N) is 1. The van der Waals surface area contributed by atoms with Crippen molar-refractivity contribution >= 4 is 5.96 Å². The molecule has 0 spiro atoms. The Bertz CT molecular complexity index is 539. The highest BCUT2D eigenvalue weighted by molar-refractivity contribution is 5.77. The molecule has 0 radical (unpaired) electrons. The molecule has 128 valence electrons. The van der Waals surface area contributed by atoms with Crippen LogP contribution >= 0.6 is 0 Å². The van der Waals surface area contributed by atoms with Crippen LogP contribution in [-0.2, 0) is 0 Å². The normalized spacial score (nSPS) is 19.1. The first-order valence-electron chi connectivity index (χ1n) is 7.96. The first-order chi connectivity index (χ1) is 11.1. The fourth-order valence-electron chi connectivity index (χ4n) is 2.69. The molecule has 1 atom stereocenters. The van der Waals surface area contributed by atoms with E-state index in [0.717, 1.165) is 31.6 Å². The topological polar surface area (TPSA) is 62.9 Å². The molecule has 3 N–H and O–H groups in total.